The largest absolute Gasteiger partial charge is 0.467 e. The number of rotatable bonds is 4. The van der Waals surface area contributed by atoms with E-state index in [1.165, 1.54) is 0 Å². The van der Waals surface area contributed by atoms with Gasteiger partial charge in [-0.1, -0.05) is 41.6 Å². The highest BCUT2D eigenvalue weighted by Crippen LogP contribution is 2.35. The van der Waals surface area contributed by atoms with Crippen LogP contribution in [-0.4, -0.2) is 27.0 Å². The molecule has 26 heavy (non-hydrogen) atoms. The van der Waals surface area contributed by atoms with Crippen LogP contribution in [0.4, 0.5) is 0 Å². The van der Waals surface area contributed by atoms with E-state index in [1.54, 1.807) is 16.4 Å². The van der Waals surface area contributed by atoms with Gasteiger partial charge >= 0.3 is 0 Å². The van der Waals surface area contributed by atoms with Gasteiger partial charge < -0.3 is 9.47 Å². The number of nitrogens with zero attached hydrogens (tertiary/aromatic N) is 4. The van der Waals surface area contributed by atoms with Crippen LogP contribution in [0.3, 0.4) is 0 Å². The van der Waals surface area contributed by atoms with E-state index < -0.39 is 0 Å². The number of aryl methyl sites for hydroxylation is 2. The Hall–Kier alpha value is -2.09. The summed E-state index contributed by atoms with van der Waals surface area (Å²) >= 11 is 7.79. The van der Waals surface area contributed by atoms with Gasteiger partial charge in [-0.2, -0.15) is 4.68 Å². The topological polar surface area (TPSA) is 62.1 Å². The Morgan fingerprint density at radius 2 is 2.04 bits per heavy atom. The van der Waals surface area contributed by atoms with Gasteiger partial charge in [0.25, 0.3) is 0 Å². The lowest BCUT2D eigenvalue weighted by Gasteiger charge is -2.21. The van der Waals surface area contributed by atoms with E-state index in [9.17, 15) is 0 Å². The fourth-order valence-corrected chi connectivity index (χ4v) is 4.16. The minimum atomic E-state index is 0.256. The van der Waals surface area contributed by atoms with Crippen molar-refractivity contribution in [2.45, 2.75) is 31.4 Å². The first kappa shape index (κ1) is 17.3. The summed E-state index contributed by atoms with van der Waals surface area (Å²) in [6.45, 7) is 4.87. The average Bonchev–Trinajstić information content (AvgIpc) is 3.07. The zero-order valence-corrected chi connectivity index (χ0v) is 16.0. The third-order valence-electron chi connectivity index (χ3n) is 4.20. The molecule has 1 aliphatic heterocycles. The molecule has 0 atom stereocenters. The lowest BCUT2D eigenvalue weighted by molar-refractivity contribution is -0.0168. The molecule has 2 aromatic carbocycles. The van der Waals surface area contributed by atoms with Crippen molar-refractivity contribution >= 4 is 23.4 Å². The number of tetrazole rings is 1. The summed E-state index contributed by atoms with van der Waals surface area (Å²) in [4.78, 5) is 0. The summed E-state index contributed by atoms with van der Waals surface area (Å²) in [7, 11) is 0. The molecule has 0 bridgehead atoms. The SMILES string of the molecule is Cc1cccc(C)c1-n1nnnc1SCc1cc(Cl)cc2c1OCOC2. The number of para-hydroxylation sites is 1. The molecule has 8 heteroatoms. The van der Waals surface area contributed by atoms with Crippen molar-refractivity contribution in [2.75, 3.05) is 6.79 Å². The van der Waals surface area contributed by atoms with Crippen molar-refractivity contribution in [1.29, 1.82) is 0 Å². The van der Waals surface area contributed by atoms with Gasteiger partial charge in [0.2, 0.25) is 5.16 Å². The molecule has 1 aromatic heterocycles. The Kier molecular flexibility index (Phi) is 4.84. The van der Waals surface area contributed by atoms with Crippen molar-refractivity contribution < 1.29 is 9.47 Å². The molecule has 0 radical (unpaired) electrons. The number of aromatic nitrogens is 4. The van der Waals surface area contributed by atoms with Crippen LogP contribution in [0, 0.1) is 13.8 Å². The Morgan fingerprint density at radius 1 is 1.23 bits per heavy atom. The van der Waals surface area contributed by atoms with Gasteiger partial charge in [0.15, 0.2) is 6.79 Å². The Morgan fingerprint density at radius 3 is 2.85 bits per heavy atom. The van der Waals surface area contributed by atoms with E-state index in [1.807, 2.05) is 18.2 Å². The maximum absolute atomic E-state index is 6.25. The quantitative estimate of drug-likeness (QED) is 0.627. The predicted octanol–water partition coefficient (Wildman–Crippen LogP) is 4.09. The van der Waals surface area contributed by atoms with Crippen LogP contribution in [0.1, 0.15) is 22.3 Å². The van der Waals surface area contributed by atoms with Gasteiger partial charge in [-0.3, -0.25) is 0 Å². The van der Waals surface area contributed by atoms with Gasteiger partial charge in [0.05, 0.1) is 12.3 Å². The monoisotopic (exact) mass is 388 g/mol. The molecule has 6 nitrogen and oxygen atoms in total. The molecule has 0 unspecified atom stereocenters. The van der Waals surface area contributed by atoms with E-state index in [0.29, 0.717) is 17.4 Å². The number of halogens is 1. The van der Waals surface area contributed by atoms with Crippen LogP contribution in [0.5, 0.6) is 5.75 Å². The molecule has 0 fully saturated rings. The number of benzene rings is 2. The summed E-state index contributed by atoms with van der Waals surface area (Å²) in [6.07, 6.45) is 0. The molecular formula is C18H17ClN4O2S. The van der Waals surface area contributed by atoms with E-state index in [0.717, 1.165) is 38.8 Å². The summed E-state index contributed by atoms with van der Waals surface area (Å²) in [5.74, 6) is 1.49. The first-order valence-corrected chi connectivity index (χ1v) is 9.49. The minimum Gasteiger partial charge on any atom is -0.467 e. The Labute approximate surface area is 160 Å². The smallest absolute Gasteiger partial charge is 0.214 e. The number of ether oxygens (including phenoxy) is 2. The number of thioether (sulfide) groups is 1. The van der Waals surface area contributed by atoms with E-state index in [4.69, 9.17) is 21.1 Å². The lowest BCUT2D eigenvalue weighted by atomic mass is 10.1. The summed E-state index contributed by atoms with van der Waals surface area (Å²) in [5.41, 5.74) is 5.24. The predicted molar refractivity (Wildman–Crippen MR) is 99.9 cm³/mol. The molecule has 0 amide bonds. The normalized spacial score (nSPS) is 13.3. The standard InChI is InChI=1S/C18H17ClN4O2S/c1-11-4-3-5-12(2)16(11)23-18(20-21-22-23)26-9-14-7-15(19)6-13-8-24-10-25-17(13)14/h3-7H,8-10H2,1-2H3. The molecular weight excluding hydrogens is 372 g/mol. The second kappa shape index (κ2) is 7.26. The van der Waals surface area contributed by atoms with Crippen molar-refractivity contribution in [3.05, 3.63) is 57.6 Å². The van der Waals surface area contributed by atoms with Crippen molar-refractivity contribution in [1.82, 2.24) is 20.2 Å². The Bertz CT molecular complexity index is 940. The zero-order valence-electron chi connectivity index (χ0n) is 14.4. The van der Waals surface area contributed by atoms with Crippen LogP contribution in [0.25, 0.3) is 5.69 Å². The second-order valence-electron chi connectivity index (χ2n) is 6.07. The molecule has 134 valence electrons. The van der Waals surface area contributed by atoms with Crippen LogP contribution in [0.15, 0.2) is 35.5 Å². The maximum atomic E-state index is 6.25. The van der Waals surface area contributed by atoms with Gasteiger partial charge in [-0.25, -0.2) is 0 Å². The highest BCUT2D eigenvalue weighted by atomic mass is 35.5. The van der Waals surface area contributed by atoms with E-state index >= 15 is 0 Å². The van der Waals surface area contributed by atoms with Gasteiger partial charge in [0, 0.05) is 21.9 Å². The van der Waals surface area contributed by atoms with Crippen molar-refractivity contribution in [3.63, 3.8) is 0 Å². The first-order chi connectivity index (χ1) is 12.6. The van der Waals surface area contributed by atoms with Crippen LogP contribution in [0.2, 0.25) is 5.02 Å². The van der Waals surface area contributed by atoms with Crippen LogP contribution in [-0.2, 0) is 17.1 Å². The number of hydrogen-bond donors (Lipinski definition) is 0. The van der Waals surface area contributed by atoms with E-state index in [2.05, 4.69) is 41.5 Å². The number of hydrogen-bond acceptors (Lipinski definition) is 6. The van der Waals surface area contributed by atoms with Crippen molar-refractivity contribution in [3.8, 4) is 11.4 Å². The summed E-state index contributed by atoms with van der Waals surface area (Å²) < 4.78 is 12.8. The first-order valence-electron chi connectivity index (χ1n) is 8.13. The molecule has 0 spiro atoms. The molecule has 0 aliphatic carbocycles. The van der Waals surface area contributed by atoms with Crippen LogP contribution >= 0.6 is 23.4 Å². The molecule has 1 aliphatic rings. The second-order valence-corrected chi connectivity index (χ2v) is 7.45. The fourth-order valence-electron chi connectivity index (χ4n) is 3.06. The molecule has 2 heterocycles. The highest BCUT2D eigenvalue weighted by Gasteiger charge is 2.19. The van der Waals surface area contributed by atoms with Crippen molar-refractivity contribution in [2.24, 2.45) is 0 Å². The third-order valence-corrected chi connectivity index (χ3v) is 5.39. The lowest BCUT2D eigenvalue weighted by Crippen LogP contribution is -2.13. The molecule has 0 saturated heterocycles. The Balaban J connectivity index is 1.63. The minimum absolute atomic E-state index is 0.256. The van der Waals surface area contributed by atoms with Gasteiger partial charge in [-0.05, 0) is 47.5 Å². The average molecular weight is 389 g/mol. The zero-order chi connectivity index (χ0) is 18.1. The maximum Gasteiger partial charge on any atom is 0.214 e. The molecule has 0 saturated carbocycles. The summed E-state index contributed by atoms with van der Waals surface area (Å²) in [6, 6.07) is 9.94. The molecule has 3 aromatic rings. The van der Waals surface area contributed by atoms with Gasteiger partial charge in [-0.15, -0.1) is 5.10 Å². The summed E-state index contributed by atoms with van der Waals surface area (Å²) in [5, 5.41) is 13.6. The fraction of sp³-hybridized carbons (Fsp3) is 0.278. The highest BCUT2D eigenvalue weighted by molar-refractivity contribution is 7.98. The van der Waals surface area contributed by atoms with Crippen LogP contribution < -0.4 is 4.74 Å². The molecule has 4 rings (SSSR count). The van der Waals surface area contributed by atoms with Gasteiger partial charge in [0.1, 0.15) is 5.75 Å². The molecule has 0 N–H and O–H groups in total. The van der Waals surface area contributed by atoms with E-state index in [-0.39, 0.29) is 6.79 Å². The number of fused-ring (bicyclic) bond motifs is 1. The third kappa shape index (κ3) is 3.30.